The number of nitrogens with zero attached hydrogens (tertiary/aromatic N) is 2. The molecule has 1 amide bonds. The molecule has 1 aromatic heterocycles. The van der Waals surface area contributed by atoms with Gasteiger partial charge in [0.25, 0.3) is 0 Å². The van der Waals surface area contributed by atoms with Gasteiger partial charge in [-0.25, -0.2) is 14.2 Å². The van der Waals surface area contributed by atoms with Crippen LogP contribution in [0.3, 0.4) is 0 Å². The number of rotatable bonds is 20. The fourth-order valence-corrected chi connectivity index (χ4v) is 6.98. The molecule has 0 aliphatic rings. The molecule has 1 heterocycles. The molecule has 0 saturated heterocycles. The Labute approximate surface area is 333 Å². The number of fused-ring (bicyclic) bond motifs is 1. The third-order valence-electron chi connectivity index (χ3n) is 8.73. The number of alkyl halides is 6. The highest BCUT2D eigenvalue weighted by molar-refractivity contribution is 7.90. The van der Waals surface area contributed by atoms with Gasteiger partial charge in [0.05, 0.1) is 24.3 Å². The van der Waals surface area contributed by atoms with Crippen molar-refractivity contribution >= 4 is 36.6 Å². The second-order valence-corrected chi connectivity index (χ2v) is 23.4. The highest BCUT2D eigenvalue weighted by atomic mass is 32.2. The fourth-order valence-electron chi connectivity index (χ4n) is 5.34. The van der Waals surface area contributed by atoms with Gasteiger partial charge in [-0.15, -0.1) is 4.72 Å². The SMILES string of the molecule is COC[C@@H](NC[C@H](NC(=O)OCc1ccccc1)C(F)(F)F)c1ccc2c(nc([C@@H](N[S+]([O-])C(C)(C)C)[C@@H](C)O[C@H](C)C(F)(F)F)n2COCC[Si](C)(C)C)c1F. The summed E-state index contributed by atoms with van der Waals surface area (Å²) in [6.45, 7) is 12.2. The van der Waals surface area contributed by atoms with Crippen molar-refractivity contribution in [2.45, 2.75) is 121 Å². The van der Waals surface area contributed by atoms with Crippen molar-refractivity contribution in [3.8, 4) is 0 Å². The Morgan fingerprint density at radius 2 is 1.65 bits per heavy atom. The molecule has 322 valence electrons. The molecule has 0 spiro atoms. The molecule has 0 aliphatic carbocycles. The molecule has 0 fully saturated rings. The summed E-state index contributed by atoms with van der Waals surface area (Å²) in [6, 6.07) is 6.96. The summed E-state index contributed by atoms with van der Waals surface area (Å²) in [5.41, 5.74) is 0.284. The number of hydrogen-bond donors (Lipinski definition) is 3. The lowest BCUT2D eigenvalue weighted by atomic mass is 10.1. The largest absolute Gasteiger partial charge is 0.598 e. The van der Waals surface area contributed by atoms with Crippen LogP contribution in [-0.4, -0.2) is 90.5 Å². The molecular weight excluding hydrogens is 804 g/mol. The minimum atomic E-state index is -4.93. The minimum Gasteiger partial charge on any atom is -0.598 e. The summed E-state index contributed by atoms with van der Waals surface area (Å²) in [7, 11) is -0.297. The average Bonchev–Trinajstić information content (AvgIpc) is 3.46. The molecule has 0 radical (unpaired) electrons. The van der Waals surface area contributed by atoms with Crippen LogP contribution in [0, 0.1) is 5.82 Å². The standard InChI is InChI=1S/C37H54F7N5O6SSi/c1-23(55-24(2)36(39,40)41)31(48-56(51)35(3,4)5)33-47-32-28(49(33)22-53-17-18-57(7,8)9)16-15-26(30(32)38)27(21-52-6)45-19-29(37(42,43)44)46-34(50)54-20-25-13-11-10-12-14-25/h10-16,23-24,27,29,31,45,48H,17-22H2,1-9H3,(H,46,50)/t23-,24-,27-,29+,31+,56?/m1/s1. The van der Waals surface area contributed by atoms with E-state index in [1.165, 1.54) is 30.7 Å². The van der Waals surface area contributed by atoms with E-state index in [9.17, 15) is 35.7 Å². The molecular formula is C37H54F7N5O6SSi. The van der Waals surface area contributed by atoms with Gasteiger partial charge in [-0.05, 0) is 52.3 Å². The lowest BCUT2D eigenvalue weighted by Crippen LogP contribution is -2.52. The molecule has 3 N–H and O–H groups in total. The zero-order valence-corrected chi connectivity index (χ0v) is 35.4. The molecule has 0 bridgehead atoms. The van der Waals surface area contributed by atoms with Gasteiger partial charge in [0.1, 0.15) is 41.5 Å². The van der Waals surface area contributed by atoms with Gasteiger partial charge < -0.3 is 38.7 Å². The number of benzene rings is 2. The lowest BCUT2D eigenvalue weighted by Gasteiger charge is -2.32. The highest BCUT2D eigenvalue weighted by Crippen LogP contribution is 2.33. The Kier molecular flexibility index (Phi) is 17.3. The average molecular weight is 858 g/mol. The van der Waals surface area contributed by atoms with Crippen molar-refractivity contribution in [1.82, 2.24) is 24.9 Å². The number of alkyl carbamates (subject to hydrolysis) is 1. The van der Waals surface area contributed by atoms with Crippen molar-refractivity contribution in [2.24, 2.45) is 0 Å². The van der Waals surface area contributed by atoms with E-state index in [0.717, 1.165) is 13.0 Å². The van der Waals surface area contributed by atoms with E-state index in [1.807, 2.05) is 5.32 Å². The molecule has 1 unspecified atom stereocenters. The van der Waals surface area contributed by atoms with Crippen LogP contribution < -0.4 is 15.4 Å². The minimum absolute atomic E-state index is 0.0415. The third kappa shape index (κ3) is 14.7. The number of methoxy groups -OCH3 is 1. The summed E-state index contributed by atoms with van der Waals surface area (Å²) in [6.07, 6.45) is -14.5. The Bertz CT molecular complexity index is 1720. The maximum absolute atomic E-state index is 16.7. The normalized spacial score (nSPS) is 16.2. The first-order valence-corrected chi connectivity index (χ1v) is 23.1. The number of nitrogens with one attached hydrogen (secondary N) is 3. The Balaban J connectivity index is 2.05. The van der Waals surface area contributed by atoms with Crippen LogP contribution in [0.1, 0.15) is 63.7 Å². The van der Waals surface area contributed by atoms with Crippen LogP contribution in [0.4, 0.5) is 35.5 Å². The van der Waals surface area contributed by atoms with E-state index in [4.69, 9.17) is 18.9 Å². The number of carbonyl (C=O) groups is 1. The van der Waals surface area contributed by atoms with E-state index in [0.29, 0.717) is 12.2 Å². The maximum atomic E-state index is 16.7. The van der Waals surface area contributed by atoms with Crippen LogP contribution in [0.25, 0.3) is 11.0 Å². The molecule has 3 rings (SSSR count). The predicted molar refractivity (Wildman–Crippen MR) is 206 cm³/mol. The number of amides is 1. The van der Waals surface area contributed by atoms with E-state index >= 15 is 4.39 Å². The van der Waals surface area contributed by atoms with Crippen LogP contribution >= 0.6 is 0 Å². The zero-order chi connectivity index (χ0) is 42.9. The molecule has 11 nitrogen and oxygen atoms in total. The van der Waals surface area contributed by atoms with Crippen molar-refractivity contribution in [3.05, 3.63) is 65.2 Å². The summed E-state index contributed by atoms with van der Waals surface area (Å²) >= 11 is -1.87. The Morgan fingerprint density at radius 1 is 1.00 bits per heavy atom. The molecule has 2 aromatic carbocycles. The smallest absolute Gasteiger partial charge is 0.414 e. The van der Waals surface area contributed by atoms with Gasteiger partial charge in [-0.1, -0.05) is 56.0 Å². The topological polar surface area (TPSA) is 131 Å². The van der Waals surface area contributed by atoms with Crippen molar-refractivity contribution in [2.75, 3.05) is 26.9 Å². The van der Waals surface area contributed by atoms with Crippen LogP contribution in [0.15, 0.2) is 42.5 Å². The van der Waals surface area contributed by atoms with Gasteiger partial charge in [0.2, 0.25) is 0 Å². The second-order valence-electron chi connectivity index (χ2n) is 15.8. The molecule has 6 atom stereocenters. The summed E-state index contributed by atoms with van der Waals surface area (Å²) < 4.78 is 138. The van der Waals surface area contributed by atoms with Gasteiger partial charge in [-0.3, -0.25) is 0 Å². The zero-order valence-electron chi connectivity index (χ0n) is 33.6. The summed E-state index contributed by atoms with van der Waals surface area (Å²) in [5.74, 6) is -1.00. The van der Waals surface area contributed by atoms with Crippen molar-refractivity contribution in [3.63, 3.8) is 0 Å². The van der Waals surface area contributed by atoms with Crippen LogP contribution in [0.2, 0.25) is 25.7 Å². The van der Waals surface area contributed by atoms with E-state index in [-0.39, 0.29) is 42.4 Å². The molecule has 20 heteroatoms. The van der Waals surface area contributed by atoms with Crippen molar-refractivity contribution in [1.29, 1.82) is 0 Å². The first-order chi connectivity index (χ1) is 26.3. The van der Waals surface area contributed by atoms with Gasteiger partial charge in [-0.2, -0.15) is 26.3 Å². The number of aromatic nitrogens is 2. The van der Waals surface area contributed by atoms with E-state index in [1.54, 1.807) is 51.1 Å². The number of carbonyl (C=O) groups excluding carboxylic acids is 1. The number of ether oxygens (including phenoxy) is 4. The second kappa shape index (κ2) is 20.3. The number of hydrogen-bond acceptors (Lipinski definition) is 9. The van der Waals surface area contributed by atoms with Crippen LogP contribution in [0.5, 0.6) is 0 Å². The van der Waals surface area contributed by atoms with E-state index in [2.05, 4.69) is 34.7 Å². The maximum Gasteiger partial charge on any atom is 0.414 e. The lowest BCUT2D eigenvalue weighted by molar-refractivity contribution is -0.227. The quantitative estimate of drug-likeness (QED) is 0.0447. The summed E-state index contributed by atoms with van der Waals surface area (Å²) in [5, 5.41) is 4.45. The molecule has 0 aliphatic heterocycles. The first-order valence-electron chi connectivity index (χ1n) is 18.3. The highest BCUT2D eigenvalue weighted by Gasteiger charge is 2.43. The molecule has 57 heavy (non-hydrogen) atoms. The monoisotopic (exact) mass is 857 g/mol. The number of halogens is 7. The Hall–Kier alpha value is -2.98. The fraction of sp³-hybridized carbons (Fsp3) is 0.622. The Morgan fingerprint density at radius 3 is 2.21 bits per heavy atom. The third-order valence-corrected chi connectivity index (χ3v) is 12.0. The van der Waals surface area contributed by atoms with Gasteiger partial charge in [0, 0.05) is 45.3 Å². The predicted octanol–water partition coefficient (Wildman–Crippen LogP) is 8.07. The molecule has 0 saturated carbocycles. The first kappa shape index (κ1) is 48.4. The van der Waals surface area contributed by atoms with E-state index < -0.39 is 85.3 Å². The molecule has 3 aromatic rings. The number of imidazole rings is 1. The van der Waals surface area contributed by atoms with Gasteiger partial charge in [0.15, 0.2) is 11.9 Å². The van der Waals surface area contributed by atoms with Crippen molar-refractivity contribution < 1.29 is 59.0 Å². The van der Waals surface area contributed by atoms with Crippen LogP contribution in [-0.2, 0) is 43.6 Å². The summed E-state index contributed by atoms with van der Waals surface area (Å²) in [4.78, 5) is 16.9. The van der Waals surface area contributed by atoms with Gasteiger partial charge >= 0.3 is 18.4 Å².